The van der Waals surface area contributed by atoms with Crippen molar-refractivity contribution in [2.45, 2.75) is 6.18 Å². The summed E-state index contributed by atoms with van der Waals surface area (Å²) in [5, 5.41) is 11.7. The van der Waals surface area contributed by atoms with Gasteiger partial charge in [0.25, 0.3) is 0 Å². The largest absolute Gasteiger partial charge is 0.405 e. The first-order chi connectivity index (χ1) is 8.49. The molecule has 1 N–H and O–H groups in total. The number of rotatable bonds is 2. The molecule has 0 bridgehead atoms. The Morgan fingerprint density at radius 1 is 1.28 bits per heavy atom. The van der Waals surface area contributed by atoms with Crippen LogP contribution in [0.4, 0.5) is 19.0 Å². The second kappa shape index (κ2) is 4.53. The quantitative estimate of drug-likeness (QED) is 0.892. The molecule has 0 aliphatic carbocycles. The number of hydrogen-bond acceptors (Lipinski definition) is 3. The summed E-state index contributed by atoms with van der Waals surface area (Å²) in [5.74, 6) is -0.0477. The molecular formula is C12H8F3N3. The van der Waals surface area contributed by atoms with Gasteiger partial charge in [0.15, 0.2) is 0 Å². The fourth-order valence-corrected chi connectivity index (χ4v) is 1.52. The van der Waals surface area contributed by atoms with Gasteiger partial charge in [-0.2, -0.15) is 18.4 Å². The van der Waals surface area contributed by atoms with Gasteiger partial charge in [0, 0.05) is 5.39 Å². The van der Waals surface area contributed by atoms with Crippen molar-refractivity contribution in [2.75, 3.05) is 11.9 Å². The Kier molecular flexibility index (Phi) is 3.06. The number of anilines is 1. The van der Waals surface area contributed by atoms with Gasteiger partial charge in [0.2, 0.25) is 0 Å². The van der Waals surface area contributed by atoms with Crippen LogP contribution in [-0.4, -0.2) is 17.7 Å². The van der Waals surface area contributed by atoms with Crippen molar-refractivity contribution in [3.05, 3.63) is 35.9 Å². The van der Waals surface area contributed by atoms with Crippen molar-refractivity contribution < 1.29 is 13.2 Å². The van der Waals surface area contributed by atoms with Gasteiger partial charge in [-0.3, -0.25) is 0 Å². The van der Waals surface area contributed by atoms with Crippen LogP contribution in [0, 0.1) is 11.3 Å². The van der Waals surface area contributed by atoms with Crippen LogP contribution in [0.5, 0.6) is 0 Å². The average molecular weight is 251 g/mol. The molecule has 1 aromatic carbocycles. The molecule has 92 valence electrons. The number of fused-ring (bicyclic) bond motifs is 1. The van der Waals surface area contributed by atoms with Gasteiger partial charge in [0.1, 0.15) is 18.4 Å². The topological polar surface area (TPSA) is 48.7 Å². The molecule has 0 amide bonds. The molecule has 0 saturated heterocycles. The Hall–Kier alpha value is -2.29. The molecule has 0 saturated carbocycles. The summed E-state index contributed by atoms with van der Waals surface area (Å²) in [6.45, 7) is -1.22. The third kappa shape index (κ3) is 2.69. The first kappa shape index (κ1) is 12.2. The van der Waals surface area contributed by atoms with Crippen molar-refractivity contribution in [1.29, 1.82) is 5.26 Å². The summed E-state index contributed by atoms with van der Waals surface area (Å²) < 4.78 is 36.4. The van der Waals surface area contributed by atoms with E-state index in [1.54, 1.807) is 24.3 Å². The molecule has 0 radical (unpaired) electrons. The van der Waals surface area contributed by atoms with Crippen LogP contribution in [0.1, 0.15) is 5.56 Å². The van der Waals surface area contributed by atoms with Crippen LogP contribution >= 0.6 is 0 Å². The van der Waals surface area contributed by atoms with Crippen LogP contribution in [0.15, 0.2) is 30.3 Å². The number of pyridine rings is 1. The second-order valence-electron chi connectivity index (χ2n) is 3.66. The number of aromatic nitrogens is 1. The van der Waals surface area contributed by atoms with Crippen molar-refractivity contribution in [2.24, 2.45) is 0 Å². The maximum absolute atomic E-state index is 12.1. The lowest BCUT2D eigenvalue weighted by Gasteiger charge is -2.10. The zero-order valence-corrected chi connectivity index (χ0v) is 9.12. The van der Waals surface area contributed by atoms with E-state index >= 15 is 0 Å². The van der Waals surface area contributed by atoms with Crippen LogP contribution < -0.4 is 5.32 Å². The van der Waals surface area contributed by atoms with Crippen molar-refractivity contribution in [3.8, 4) is 6.07 Å². The fraction of sp³-hybridized carbons (Fsp3) is 0.167. The Morgan fingerprint density at radius 3 is 2.67 bits per heavy atom. The number of nitriles is 1. The van der Waals surface area contributed by atoms with E-state index in [4.69, 9.17) is 5.26 Å². The molecule has 1 aromatic heterocycles. The minimum absolute atomic E-state index is 0.0477. The third-order valence-corrected chi connectivity index (χ3v) is 2.30. The molecule has 1 heterocycles. The minimum Gasteiger partial charge on any atom is -0.360 e. The third-order valence-electron chi connectivity index (χ3n) is 2.30. The maximum atomic E-state index is 12.1. The molecule has 3 nitrogen and oxygen atoms in total. The minimum atomic E-state index is -4.35. The summed E-state index contributed by atoms with van der Waals surface area (Å²) in [5.41, 5.74) is 0.638. The van der Waals surface area contributed by atoms with Gasteiger partial charge >= 0.3 is 6.18 Å². The van der Waals surface area contributed by atoms with Gasteiger partial charge in [-0.15, -0.1) is 0 Å². The normalized spacial score (nSPS) is 11.2. The van der Waals surface area contributed by atoms with E-state index in [1.165, 1.54) is 6.07 Å². The van der Waals surface area contributed by atoms with Crippen LogP contribution in [0.2, 0.25) is 0 Å². The highest BCUT2D eigenvalue weighted by Crippen LogP contribution is 2.21. The Morgan fingerprint density at radius 2 is 2.00 bits per heavy atom. The van der Waals surface area contributed by atoms with E-state index in [0.29, 0.717) is 10.9 Å². The standard InChI is InChI=1S/C12H8F3N3/c13-12(14,15)7-17-11-9(6-16)5-8-3-1-2-4-10(8)18-11/h1-5H,7H2,(H,17,18). The highest BCUT2D eigenvalue weighted by molar-refractivity contribution is 5.82. The van der Waals surface area contributed by atoms with Crippen molar-refractivity contribution in [1.82, 2.24) is 4.98 Å². The number of benzene rings is 1. The lowest BCUT2D eigenvalue weighted by atomic mass is 10.1. The molecule has 18 heavy (non-hydrogen) atoms. The van der Waals surface area contributed by atoms with Crippen LogP contribution in [0.25, 0.3) is 10.9 Å². The van der Waals surface area contributed by atoms with Crippen molar-refractivity contribution in [3.63, 3.8) is 0 Å². The van der Waals surface area contributed by atoms with Crippen LogP contribution in [0.3, 0.4) is 0 Å². The number of nitrogens with zero attached hydrogens (tertiary/aromatic N) is 2. The van der Waals surface area contributed by atoms with E-state index in [2.05, 4.69) is 10.3 Å². The average Bonchev–Trinajstić information content (AvgIpc) is 2.34. The van der Waals surface area contributed by atoms with E-state index in [1.807, 2.05) is 6.07 Å². The van der Waals surface area contributed by atoms with Gasteiger partial charge < -0.3 is 5.32 Å². The van der Waals surface area contributed by atoms with Gasteiger partial charge in [0.05, 0.1) is 11.1 Å². The van der Waals surface area contributed by atoms with Gasteiger partial charge in [-0.25, -0.2) is 4.98 Å². The smallest absolute Gasteiger partial charge is 0.360 e. The predicted octanol–water partition coefficient (Wildman–Crippen LogP) is 3.08. The first-order valence-corrected chi connectivity index (χ1v) is 5.10. The molecule has 0 spiro atoms. The van der Waals surface area contributed by atoms with Crippen LogP contribution in [-0.2, 0) is 0 Å². The fourth-order valence-electron chi connectivity index (χ4n) is 1.52. The Labute approximate surface area is 101 Å². The molecule has 6 heteroatoms. The number of halogens is 3. The molecule has 2 aromatic rings. The van der Waals surface area contributed by atoms with E-state index in [-0.39, 0.29) is 11.4 Å². The monoisotopic (exact) mass is 251 g/mol. The van der Waals surface area contributed by atoms with E-state index in [9.17, 15) is 13.2 Å². The number of hydrogen-bond donors (Lipinski definition) is 1. The van der Waals surface area contributed by atoms with E-state index in [0.717, 1.165) is 0 Å². The highest BCUT2D eigenvalue weighted by atomic mass is 19.4. The summed E-state index contributed by atoms with van der Waals surface area (Å²) in [4.78, 5) is 4.02. The SMILES string of the molecule is N#Cc1cc2ccccc2nc1NCC(F)(F)F. The number of para-hydroxylation sites is 1. The molecule has 0 atom stereocenters. The van der Waals surface area contributed by atoms with Crippen molar-refractivity contribution >= 4 is 16.7 Å². The second-order valence-corrected chi connectivity index (χ2v) is 3.66. The lowest BCUT2D eigenvalue weighted by Crippen LogP contribution is -2.22. The summed E-state index contributed by atoms with van der Waals surface area (Å²) in [6.07, 6.45) is -4.35. The Balaban J connectivity index is 2.40. The summed E-state index contributed by atoms with van der Waals surface area (Å²) >= 11 is 0. The first-order valence-electron chi connectivity index (χ1n) is 5.10. The molecular weight excluding hydrogens is 243 g/mol. The van der Waals surface area contributed by atoms with Gasteiger partial charge in [-0.05, 0) is 12.1 Å². The molecule has 0 aliphatic rings. The highest BCUT2D eigenvalue weighted by Gasteiger charge is 2.27. The molecule has 2 rings (SSSR count). The zero-order valence-electron chi connectivity index (χ0n) is 9.12. The summed E-state index contributed by atoms with van der Waals surface area (Å²) in [7, 11) is 0. The molecule has 0 fully saturated rings. The zero-order chi connectivity index (χ0) is 13.2. The Bertz CT molecular complexity index is 614. The molecule has 0 unspecified atom stereocenters. The number of nitrogens with one attached hydrogen (secondary N) is 1. The number of alkyl halides is 3. The summed E-state index contributed by atoms with van der Waals surface area (Å²) in [6, 6.07) is 10.3. The van der Waals surface area contributed by atoms with Gasteiger partial charge in [-0.1, -0.05) is 18.2 Å². The lowest BCUT2D eigenvalue weighted by molar-refractivity contribution is -0.115. The predicted molar refractivity (Wildman–Crippen MR) is 61.0 cm³/mol. The van der Waals surface area contributed by atoms with E-state index < -0.39 is 12.7 Å². The molecule has 0 aliphatic heterocycles. The maximum Gasteiger partial charge on any atom is 0.405 e.